The number of ketones is 1. The average molecular weight is 352 g/mol. The van der Waals surface area contributed by atoms with E-state index in [4.69, 9.17) is 19.9 Å². The molecule has 0 bridgehead atoms. The molecular weight excluding hydrogens is 336 g/mol. The SMILES string of the molecule is CC1=C(C(=O)OC(C)C)C23C(=O)c4ccccc4C2(O1)OC(N)=C3C#N. The Morgan fingerprint density at radius 2 is 2.00 bits per heavy atom. The van der Waals surface area contributed by atoms with Crippen molar-refractivity contribution in [2.75, 3.05) is 0 Å². The van der Waals surface area contributed by atoms with Gasteiger partial charge in [0.25, 0.3) is 0 Å². The van der Waals surface area contributed by atoms with Crippen LogP contribution in [-0.4, -0.2) is 17.9 Å². The van der Waals surface area contributed by atoms with Crippen LogP contribution < -0.4 is 5.73 Å². The van der Waals surface area contributed by atoms with Crippen molar-refractivity contribution in [3.8, 4) is 6.07 Å². The molecule has 0 saturated heterocycles. The van der Waals surface area contributed by atoms with E-state index in [0.717, 1.165) is 0 Å². The van der Waals surface area contributed by atoms with Gasteiger partial charge in [0.15, 0.2) is 11.2 Å². The molecule has 7 heteroatoms. The second-order valence-electron chi connectivity index (χ2n) is 6.68. The molecule has 0 spiro atoms. The van der Waals surface area contributed by atoms with Gasteiger partial charge in [0, 0.05) is 11.1 Å². The maximum Gasteiger partial charge on any atom is 0.339 e. The van der Waals surface area contributed by atoms with Crippen LogP contribution in [0.1, 0.15) is 36.7 Å². The lowest BCUT2D eigenvalue weighted by Gasteiger charge is -2.31. The number of nitrogens with zero attached hydrogens (tertiary/aromatic N) is 1. The monoisotopic (exact) mass is 352 g/mol. The molecule has 1 aromatic rings. The van der Waals surface area contributed by atoms with Gasteiger partial charge in [0.2, 0.25) is 5.88 Å². The van der Waals surface area contributed by atoms with E-state index in [-0.39, 0.29) is 22.8 Å². The van der Waals surface area contributed by atoms with Gasteiger partial charge in [-0.2, -0.15) is 5.26 Å². The third-order valence-corrected chi connectivity index (χ3v) is 4.92. The van der Waals surface area contributed by atoms with Gasteiger partial charge in [-0.05, 0) is 20.8 Å². The highest BCUT2D eigenvalue weighted by molar-refractivity contribution is 6.16. The molecule has 0 fully saturated rings. The van der Waals surface area contributed by atoms with Crippen molar-refractivity contribution in [3.63, 3.8) is 0 Å². The zero-order valence-corrected chi connectivity index (χ0v) is 14.5. The lowest BCUT2D eigenvalue weighted by atomic mass is 9.69. The molecule has 0 aromatic heterocycles. The maximum atomic E-state index is 13.5. The van der Waals surface area contributed by atoms with Crippen molar-refractivity contribution in [1.29, 1.82) is 5.26 Å². The Morgan fingerprint density at radius 3 is 2.65 bits per heavy atom. The van der Waals surface area contributed by atoms with E-state index in [1.54, 1.807) is 45.0 Å². The van der Waals surface area contributed by atoms with E-state index in [1.807, 2.05) is 6.07 Å². The predicted molar refractivity (Wildman–Crippen MR) is 87.8 cm³/mol. The van der Waals surface area contributed by atoms with Gasteiger partial charge < -0.3 is 19.9 Å². The molecule has 0 radical (unpaired) electrons. The average Bonchev–Trinajstić information content (AvgIpc) is 3.04. The summed E-state index contributed by atoms with van der Waals surface area (Å²) in [4.78, 5) is 26.4. The van der Waals surface area contributed by atoms with Crippen LogP contribution in [0, 0.1) is 16.7 Å². The summed E-state index contributed by atoms with van der Waals surface area (Å²) in [5, 5.41) is 9.74. The van der Waals surface area contributed by atoms with Gasteiger partial charge in [0.05, 0.1) is 6.10 Å². The minimum atomic E-state index is -1.79. The maximum absolute atomic E-state index is 13.5. The fourth-order valence-electron chi connectivity index (χ4n) is 4.12. The highest BCUT2D eigenvalue weighted by atomic mass is 16.7. The first-order valence-corrected chi connectivity index (χ1v) is 8.16. The van der Waals surface area contributed by atoms with E-state index in [1.165, 1.54) is 0 Å². The van der Waals surface area contributed by atoms with Crippen molar-refractivity contribution in [2.24, 2.45) is 11.1 Å². The number of benzene rings is 1. The lowest BCUT2D eigenvalue weighted by Crippen LogP contribution is -2.45. The molecule has 2 heterocycles. The highest BCUT2D eigenvalue weighted by Crippen LogP contribution is 2.69. The number of rotatable bonds is 2. The summed E-state index contributed by atoms with van der Waals surface area (Å²) in [6.45, 7) is 4.94. The molecule has 1 aliphatic carbocycles. The Labute approximate surface area is 149 Å². The highest BCUT2D eigenvalue weighted by Gasteiger charge is 2.80. The van der Waals surface area contributed by atoms with E-state index >= 15 is 0 Å². The van der Waals surface area contributed by atoms with Crippen molar-refractivity contribution in [2.45, 2.75) is 32.7 Å². The molecule has 7 nitrogen and oxygen atoms in total. The summed E-state index contributed by atoms with van der Waals surface area (Å²) in [6, 6.07) is 8.66. The van der Waals surface area contributed by atoms with E-state index < -0.39 is 29.1 Å². The van der Waals surface area contributed by atoms with Gasteiger partial charge in [-0.1, -0.05) is 24.3 Å². The van der Waals surface area contributed by atoms with Crippen molar-refractivity contribution < 1.29 is 23.8 Å². The van der Waals surface area contributed by atoms with Gasteiger partial charge in [-0.15, -0.1) is 0 Å². The molecule has 2 atom stereocenters. The van der Waals surface area contributed by atoms with Gasteiger partial charge in [-0.3, -0.25) is 4.79 Å². The number of carbonyl (C=O) groups excluding carboxylic acids is 2. The molecule has 132 valence electrons. The molecule has 1 aromatic carbocycles. The Bertz CT molecular complexity index is 984. The first-order valence-electron chi connectivity index (χ1n) is 8.16. The van der Waals surface area contributed by atoms with Crippen LogP contribution in [0.25, 0.3) is 0 Å². The zero-order valence-electron chi connectivity index (χ0n) is 14.5. The van der Waals surface area contributed by atoms with Crippen LogP contribution in [0.2, 0.25) is 0 Å². The number of nitrogens with two attached hydrogens (primary N) is 1. The van der Waals surface area contributed by atoms with Crippen molar-refractivity contribution in [1.82, 2.24) is 0 Å². The number of ether oxygens (including phenoxy) is 3. The lowest BCUT2D eigenvalue weighted by molar-refractivity contribution is -0.199. The molecule has 3 aliphatic rings. The van der Waals surface area contributed by atoms with Crippen LogP contribution in [0.5, 0.6) is 0 Å². The summed E-state index contributed by atoms with van der Waals surface area (Å²) in [5.74, 6) is -2.92. The molecule has 2 N–H and O–H groups in total. The Morgan fingerprint density at radius 1 is 1.31 bits per heavy atom. The molecule has 0 saturated carbocycles. The smallest absolute Gasteiger partial charge is 0.339 e. The summed E-state index contributed by atoms with van der Waals surface area (Å²) in [5.41, 5.74) is 4.72. The number of carbonyl (C=O) groups is 2. The summed E-state index contributed by atoms with van der Waals surface area (Å²) in [7, 11) is 0. The number of fused-ring (bicyclic) bond motifs is 1. The molecule has 0 amide bonds. The number of nitriles is 1. The predicted octanol–water partition coefficient (Wildman–Crippen LogP) is 2.00. The molecular formula is C19H16N2O5. The summed E-state index contributed by atoms with van der Waals surface area (Å²) >= 11 is 0. The second kappa shape index (κ2) is 4.88. The van der Waals surface area contributed by atoms with Crippen molar-refractivity contribution >= 4 is 11.8 Å². The quantitative estimate of drug-likeness (QED) is 0.810. The van der Waals surface area contributed by atoms with Gasteiger partial charge in [0.1, 0.15) is 23.0 Å². The largest absolute Gasteiger partial charge is 0.459 e. The Balaban J connectivity index is 2.05. The number of hydrogen-bond acceptors (Lipinski definition) is 7. The van der Waals surface area contributed by atoms with Crippen molar-refractivity contribution in [3.05, 3.63) is 58.2 Å². The van der Waals surface area contributed by atoms with Crippen LogP contribution in [-0.2, 0) is 24.8 Å². The van der Waals surface area contributed by atoms with Crippen LogP contribution in [0.4, 0.5) is 0 Å². The third-order valence-electron chi connectivity index (χ3n) is 4.92. The van der Waals surface area contributed by atoms with E-state index in [9.17, 15) is 14.9 Å². The minimum Gasteiger partial charge on any atom is -0.459 e. The molecule has 4 rings (SSSR count). The first kappa shape index (κ1) is 16.2. The molecule has 2 unspecified atom stereocenters. The third kappa shape index (κ3) is 1.53. The molecule has 2 aliphatic heterocycles. The normalized spacial score (nSPS) is 28.3. The fraction of sp³-hybridized carbons (Fsp3) is 0.316. The van der Waals surface area contributed by atoms with Gasteiger partial charge in [-0.25, -0.2) is 4.79 Å². The first-order chi connectivity index (χ1) is 12.3. The second-order valence-corrected chi connectivity index (χ2v) is 6.68. The van der Waals surface area contributed by atoms with E-state index in [2.05, 4.69) is 0 Å². The summed E-state index contributed by atoms with van der Waals surface area (Å²) < 4.78 is 17.1. The van der Waals surface area contributed by atoms with Crippen LogP contribution >= 0.6 is 0 Å². The van der Waals surface area contributed by atoms with Crippen LogP contribution in [0.3, 0.4) is 0 Å². The minimum absolute atomic E-state index is 0.0376. The molecule has 26 heavy (non-hydrogen) atoms. The van der Waals surface area contributed by atoms with Crippen LogP contribution in [0.15, 0.2) is 47.1 Å². The van der Waals surface area contributed by atoms with E-state index in [0.29, 0.717) is 11.1 Å². The Kier molecular flexibility index (Phi) is 3.04. The topological polar surface area (TPSA) is 112 Å². The van der Waals surface area contributed by atoms with Gasteiger partial charge >= 0.3 is 11.8 Å². The fourth-order valence-corrected chi connectivity index (χ4v) is 4.12. The number of Topliss-reactive ketones (excluding diaryl/α,β-unsaturated/α-hetero) is 1. The number of esters is 1. The number of hydrogen-bond donors (Lipinski definition) is 1. The standard InChI is InChI=1S/C19H16N2O5/c1-9(2)24-17(23)14-10(3)25-19-12-7-5-4-6-11(12)15(22)18(14,19)13(8-20)16(21)26-19/h4-7,9H,21H2,1-3H3. The number of allylic oxidation sites excluding steroid dienone is 1. The Hall–Kier alpha value is -3.27. The zero-order chi connectivity index (χ0) is 18.9. The summed E-state index contributed by atoms with van der Waals surface area (Å²) in [6.07, 6.45) is -0.415.